The zero-order valence-electron chi connectivity index (χ0n) is 20.6. The molecule has 0 unspecified atom stereocenters. The van der Waals surface area contributed by atoms with E-state index >= 15 is 0 Å². The van der Waals surface area contributed by atoms with Crippen molar-refractivity contribution in [2.45, 2.75) is 39.3 Å². The monoisotopic (exact) mass is 500 g/mol. The van der Waals surface area contributed by atoms with Crippen LogP contribution in [-0.2, 0) is 9.53 Å². The number of morpholine rings is 1. The highest BCUT2D eigenvalue weighted by atomic mass is 19.3. The zero-order chi connectivity index (χ0) is 25.4. The first-order valence-electron chi connectivity index (χ1n) is 12.2. The topological polar surface area (TPSA) is 92.5 Å². The third-order valence-electron chi connectivity index (χ3n) is 6.82. The summed E-state index contributed by atoms with van der Waals surface area (Å²) in [5.74, 6) is 0.657. The second-order valence-corrected chi connectivity index (χ2v) is 9.31. The maximum absolute atomic E-state index is 14.1. The number of Topliss-reactive ketones (excluding diaryl/α,β-unsaturated/α-hetero) is 1. The number of halogens is 2. The Morgan fingerprint density at radius 2 is 1.69 bits per heavy atom. The van der Waals surface area contributed by atoms with Gasteiger partial charge in [-0.15, -0.1) is 0 Å². The Morgan fingerprint density at radius 1 is 1.00 bits per heavy atom. The van der Waals surface area contributed by atoms with E-state index < -0.39 is 12.2 Å². The van der Waals surface area contributed by atoms with Crippen molar-refractivity contribution in [1.82, 2.24) is 29.4 Å². The number of fused-ring (bicyclic) bond motifs is 1. The quantitative estimate of drug-likeness (QED) is 0.506. The summed E-state index contributed by atoms with van der Waals surface area (Å²) >= 11 is 0. The summed E-state index contributed by atoms with van der Waals surface area (Å²) in [5, 5.41) is 0. The second-order valence-electron chi connectivity index (χ2n) is 9.31. The molecule has 2 aromatic heterocycles. The van der Waals surface area contributed by atoms with Gasteiger partial charge in [0.25, 0.3) is 6.43 Å². The van der Waals surface area contributed by atoms with Crippen molar-refractivity contribution >= 4 is 28.7 Å². The third-order valence-corrected chi connectivity index (χ3v) is 6.82. The van der Waals surface area contributed by atoms with Crippen LogP contribution in [0.3, 0.4) is 0 Å². The number of imidazole rings is 1. The van der Waals surface area contributed by atoms with Gasteiger partial charge < -0.3 is 14.5 Å². The van der Waals surface area contributed by atoms with Crippen molar-refractivity contribution in [3.05, 3.63) is 30.1 Å². The van der Waals surface area contributed by atoms with Gasteiger partial charge in [0.05, 0.1) is 36.3 Å². The number of carbonyl (C=O) groups excluding carboxylic acids is 1. The highest BCUT2D eigenvalue weighted by molar-refractivity contribution is 5.78. The minimum atomic E-state index is -2.81. The van der Waals surface area contributed by atoms with Gasteiger partial charge in [-0.05, 0) is 32.9 Å². The largest absolute Gasteiger partial charge is 0.375 e. The Kier molecular flexibility index (Phi) is 6.80. The van der Waals surface area contributed by atoms with Crippen LogP contribution in [0.15, 0.2) is 24.3 Å². The molecule has 2 atom stereocenters. The average molecular weight is 501 g/mol. The van der Waals surface area contributed by atoms with Crippen LogP contribution in [0.4, 0.5) is 20.7 Å². The normalized spacial score (nSPS) is 21.5. The van der Waals surface area contributed by atoms with Crippen molar-refractivity contribution in [2.24, 2.45) is 0 Å². The summed E-state index contributed by atoms with van der Waals surface area (Å²) in [6, 6.07) is 6.95. The number of hydrogen-bond donors (Lipinski definition) is 0. The number of para-hydroxylation sites is 2. The van der Waals surface area contributed by atoms with E-state index in [1.807, 2.05) is 23.6 Å². The summed E-state index contributed by atoms with van der Waals surface area (Å²) in [4.78, 5) is 36.0. The Morgan fingerprint density at radius 3 is 2.42 bits per heavy atom. The van der Waals surface area contributed by atoms with Gasteiger partial charge in [-0.3, -0.25) is 14.3 Å². The molecule has 2 aliphatic rings. The fourth-order valence-electron chi connectivity index (χ4n) is 4.75. The SMILES string of the molecule is CC(=O)CN1CCN(c2nc(N3CCO[C@H](C)[C@@H]3C)nc(-n3c(C(F)F)nc4ccccc43)n2)CC1. The molecule has 1 aromatic carbocycles. The number of carbonyl (C=O) groups is 1. The maximum atomic E-state index is 14.1. The lowest BCUT2D eigenvalue weighted by molar-refractivity contribution is -0.118. The van der Waals surface area contributed by atoms with Gasteiger partial charge in [0.15, 0.2) is 5.82 Å². The average Bonchev–Trinajstić information content (AvgIpc) is 3.26. The lowest BCUT2D eigenvalue weighted by atomic mass is 10.1. The first-order chi connectivity index (χ1) is 17.3. The predicted octanol–water partition coefficient (Wildman–Crippen LogP) is 2.47. The summed E-state index contributed by atoms with van der Waals surface area (Å²) in [5.41, 5.74) is 0.952. The van der Waals surface area contributed by atoms with Gasteiger partial charge in [0.1, 0.15) is 5.78 Å². The van der Waals surface area contributed by atoms with E-state index in [0.717, 1.165) is 0 Å². The first kappa shape index (κ1) is 24.4. The molecule has 12 heteroatoms. The van der Waals surface area contributed by atoms with Crippen LogP contribution in [0.5, 0.6) is 0 Å². The van der Waals surface area contributed by atoms with Crippen LogP contribution in [0, 0.1) is 0 Å². The van der Waals surface area contributed by atoms with Crippen molar-refractivity contribution in [3.63, 3.8) is 0 Å². The summed E-state index contributed by atoms with van der Waals surface area (Å²) in [7, 11) is 0. The van der Waals surface area contributed by atoms with Gasteiger partial charge >= 0.3 is 0 Å². The van der Waals surface area contributed by atoms with Crippen LogP contribution in [0.1, 0.15) is 33.0 Å². The number of anilines is 2. The van der Waals surface area contributed by atoms with E-state index in [0.29, 0.717) is 68.8 Å². The molecule has 2 saturated heterocycles. The Labute approximate surface area is 207 Å². The first-order valence-corrected chi connectivity index (χ1v) is 12.2. The molecule has 0 bridgehead atoms. The smallest absolute Gasteiger partial charge is 0.296 e. The molecule has 2 aliphatic heterocycles. The lowest BCUT2D eigenvalue weighted by Crippen LogP contribution is -2.50. The summed E-state index contributed by atoms with van der Waals surface area (Å²) in [6.07, 6.45) is -2.85. The van der Waals surface area contributed by atoms with Crippen LogP contribution in [-0.4, -0.2) is 93.2 Å². The van der Waals surface area contributed by atoms with E-state index in [4.69, 9.17) is 9.72 Å². The Hall–Kier alpha value is -3.25. The zero-order valence-corrected chi connectivity index (χ0v) is 20.6. The minimum absolute atomic E-state index is 0.0108. The van der Waals surface area contributed by atoms with Crippen molar-refractivity contribution in [3.8, 4) is 5.95 Å². The van der Waals surface area contributed by atoms with Gasteiger partial charge in [0.2, 0.25) is 17.8 Å². The molecule has 3 aromatic rings. The lowest BCUT2D eigenvalue weighted by Gasteiger charge is -2.38. The van der Waals surface area contributed by atoms with Gasteiger partial charge in [-0.2, -0.15) is 15.0 Å². The molecule has 0 radical (unpaired) electrons. The molecule has 2 fully saturated rings. The molecule has 0 amide bonds. The number of ketones is 1. The third kappa shape index (κ3) is 4.74. The van der Waals surface area contributed by atoms with Crippen LogP contribution in [0.2, 0.25) is 0 Å². The summed E-state index contributed by atoms with van der Waals surface area (Å²) in [6.45, 7) is 9.68. The molecule has 0 N–H and O–H groups in total. The number of alkyl halides is 2. The molecule has 36 heavy (non-hydrogen) atoms. The molecular weight excluding hydrogens is 470 g/mol. The molecular formula is C24H30F2N8O2. The highest BCUT2D eigenvalue weighted by Crippen LogP contribution is 2.29. The van der Waals surface area contributed by atoms with Crippen LogP contribution < -0.4 is 9.80 Å². The Balaban J connectivity index is 1.59. The summed E-state index contributed by atoms with van der Waals surface area (Å²) < 4.78 is 35.3. The van der Waals surface area contributed by atoms with Gasteiger partial charge in [0, 0.05) is 32.7 Å². The maximum Gasteiger partial charge on any atom is 0.296 e. The molecule has 4 heterocycles. The van der Waals surface area contributed by atoms with E-state index in [-0.39, 0.29) is 23.9 Å². The molecule has 0 aliphatic carbocycles. The number of nitrogens with zero attached hydrogens (tertiary/aromatic N) is 8. The van der Waals surface area contributed by atoms with E-state index in [1.165, 1.54) is 4.57 Å². The van der Waals surface area contributed by atoms with Crippen LogP contribution >= 0.6 is 0 Å². The van der Waals surface area contributed by atoms with Crippen LogP contribution in [0.25, 0.3) is 17.0 Å². The van der Waals surface area contributed by atoms with Crippen molar-refractivity contribution < 1.29 is 18.3 Å². The number of hydrogen-bond acceptors (Lipinski definition) is 9. The number of benzene rings is 1. The molecule has 0 spiro atoms. The van der Waals surface area contributed by atoms with E-state index in [2.05, 4.69) is 19.9 Å². The van der Waals surface area contributed by atoms with Crippen molar-refractivity contribution in [1.29, 1.82) is 0 Å². The van der Waals surface area contributed by atoms with Gasteiger partial charge in [-0.25, -0.2) is 13.8 Å². The van der Waals surface area contributed by atoms with E-state index in [9.17, 15) is 13.6 Å². The molecule has 192 valence electrons. The second kappa shape index (κ2) is 10.0. The number of aromatic nitrogens is 5. The molecule has 10 nitrogen and oxygen atoms in total. The minimum Gasteiger partial charge on any atom is -0.375 e. The highest BCUT2D eigenvalue weighted by Gasteiger charge is 2.31. The van der Waals surface area contributed by atoms with Gasteiger partial charge in [-0.1, -0.05) is 12.1 Å². The number of piperazine rings is 1. The fourth-order valence-corrected chi connectivity index (χ4v) is 4.75. The Bertz CT molecular complexity index is 1240. The number of ether oxygens (including phenoxy) is 1. The molecule has 5 rings (SSSR count). The predicted molar refractivity (Wildman–Crippen MR) is 131 cm³/mol. The standard InChI is InChI=1S/C24H30F2N8O2/c1-15(35)14-31-8-10-32(11-9-31)22-28-23(33-12-13-36-17(3)16(33)2)30-24(29-22)34-19-7-5-4-6-18(19)27-21(34)20(25)26/h4-7,16-17,20H,8-14H2,1-3H3/t16-,17+/m0/s1. The van der Waals surface area contributed by atoms with E-state index in [1.54, 1.807) is 31.2 Å². The fraction of sp³-hybridized carbons (Fsp3) is 0.542. The van der Waals surface area contributed by atoms with Crippen molar-refractivity contribution in [2.75, 3.05) is 55.7 Å². The molecule has 0 saturated carbocycles. The number of rotatable bonds is 6.